The topological polar surface area (TPSA) is 0 Å². The molecule has 1 aliphatic carbocycles. The van der Waals surface area contributed by atoms with Gasteiger partial charge in [-0.1, -0.05) is 86.1 Å². The minimum atomic E-state index is -0.0397. The summed E-state index contributed by atoms with van der Waals surface area (Å²) >= 11 is 6.58. The van der Waals surface area contributed by atoms with Crippen LogP contribution in [-0.4, -0.2) is 0 Å². The van der Waals surface area contributed by atoms with Gasteiger partial charge in [0.05, 0.1) is 0 Å². The Morgan fingerprint density at radius 1 is 0.727 bits per heavy atom. The third kappa shape index (κ3) is 1.77. The molecule has 0 spiro atoms. The minimum absolute atomic E-state index is 0.0397. The fraction of sp³-hybridized carbons (Fsp3) is 0.143. The minimum Gasteiger partial charge on any atom is -0.0837 e. The Hall–Kier alpha value is -2.05. The van der Waals surface area contributed by atoms with E-state index < -0.39 is 0 Å². The summed E-state index contributed by atoms with van der Waals surface area (Å²) in [5, 5.41) is 0.840. The van der Waals surface area contributed by atoms with Gasteiger partial charge < -0.3 is 0 Å². The molecule has 0 N–H and O–H groups in total. The molecule has 0 fully saturated rings. The smallest absolute Gasteiger partial charge is 0.0488 e. The second kappa shape index (κ2) is 4.72. The Balaban J connectivity index is 2.10. The average Bonchev–Trinajstić information content (AvgIpc) is 2.79. The number of rotatable bonds is 1. The normalized spacial score (nSPS) is 14.5. The Kier molecular flexibility index (Phi) is 2.92. The van der Waals surface area contributed by atoms with Crippen LogP contribution in [0.2, 0.25) is 5.02 Å². The molecule has 3 aromatic rings. The highest BCUT2D eigenvalue weighted by molar-refractivity contribution is 6.34. The molecule has 0 atom stereocenters. The van der Waals surface area contributed by atoms with E-state index in [4.69, 9.17) is 11.6 Å². The lowest BCUT2D eigenvalue weighted by Gasteiger charge is -2.24. The van der Waals surface area contributed by atoms with Crippen molar-refractivity contribution in [3.63, 3.8) is 0 Å². The summed E-state index contributed by atoms with van der Waals surface area (Å²) < 4.78 is 0. The van der Waals surface area contributed by atoms with Crippen LogP contribution in [0, 0.1) is 0 Å². The van der Waals surface area contributed by atoms with Gasteiger partial charge in [-0.25, -0.2) is 0 Å². The maximum atomic E-state index is 6.58. The van der Waals surface area contributed by atoms with Crippen LogP contribution in [0.1, 0.15) is 25.0 Å². The number of halogens is 1. The summed E-state index contributed by atoms with van der Waals surface area (Å²) in [7, 11) is 0. The lowest BCUT2D eigenvalue weighted by atomic mass is 9.79. The SMILES string of the molecule is CC1(C)c2ccccc2-c2c(Cl)ccc(-c3ccccc3)c21. The quantitative estimate of drug-likeness (QED) is 0.494. The van der Waals surface area contributed by atoms with Crippen LogP contribution in [-0.2, 0) is 5.41 Å². The first-order valence-electron chi connectivity index (χ1n) is 7.59. The Morgan fingerprint density at radius 2 is 1.41 bits per heavy atom. The predicted molar refractivity (Wildman–Crippen MR) is 94.5 cm³/mol. The van der Waals surface area contributed by atoms with E-state index in [-0.39, 0.29) is 5.41 Å². The fourth-order valence-electron chi connectivity index (χ4n) is 3.73. The molecule has 3 aromatic carbocycles. The molecule has 4 rings (SSSR count). The van der Waals surface area contributed by atoms with Gasteiger partial charge in [0.25, 0.3) is 0 Å². The summed E-state index contributed by atoms with van der Waals surface area (Å²) in [6.07, 6.45) is 0. The molecule has 22 heavy (non-hydrogen) atoms. The van der Waals surface area contributed by atoms with Crippen molar-refractivity contribution in [1.29, 1.82) is 0 Å². The molecule has 1 aliphatic rings. The van der Waals surface area contributed by atoms with E-state index in [9.17, 15) is 0 Å². The molecule has 0 amide bonds. The first kappa shape index (κ1) is 13.6. The first-order valence-corrected chi connectivity index (χ1v) is 7.97. The number of benzene rings is 3. The van der Waals surface area contributed by atoms with Gasteiger partial charge in [-0.3, -0.25) is 0 Å². The molecule has 0 unspecified atom stereocenters. The molecule has 0 aromatic heterocycles. The predicted octanol–water partition coefficient (Wildman–Crippen LogP) is 6.31. The summed E-state index contributed by atoms with van der Waals surface area (Å²) in [6.45, 7) is 4.58. The zero-order chi connectivity index (χ0) is 15.3. The maximum absolute atomic E-state index is 6.58. The van der Waals surface area contributed by atoms with Crippen molar-refractivity contribution in [2.24, 2.45) is 0 Å². The fourth-order valence-corrected chi connectivity index (χ4v) is 3.99. The molecule has 0 bridgehead atoms. The maximum Gasteiger partial charge on any atom is 0.0488 e. The van der Waals surface area contributed by atoms with Crippen molar-refractivity contribution in [3.8, 4) is 22.3 Å². The van der Waals surface area contributed by atoms with Crippen molar-refractivity contribution in [3.05, 3.63) is 82.9 Å². The molecule has 0 nitrogen and oxygen atoms in total. The van der Waals surface area contributed by atoms with Crippen molar-refractivity contribution < 1.29 is 0 Å². The van der Waals surface area contributed by atoms with Gasteiger partial charge in [0.1, 0.15) is 0 Å². The van der Waals surface area contributed by atoms with Crippen molar-refractivity contribution in [1.82, 2.24) is 0 Å². The number of fused-ring (bicyclic) bond motifs is 3. The largest absolute Gasteiger partial charge is 0.0837 e. The van der Waals surface area contributed by atoms with Gasteiger partial charge >= 0.3 is 0 Å². The molecule has 1 heteroatoms. The van der Waals surface area contributed by atoms with Crippen LogP contribution in [0.5, 0.6) is 0 Å². The number of hydrogen-bond donors (Lipinski definition) is 0. The molecule has 0 radical (unpaired) electrons. The molecule has 0 aliphatic heterocycles. The molecule has 0 saturated heterocycles. The van der Waals surface area contributed by atoms with Gasteiger partial charge in [-0.2, -0.15) is 0 Å². The van der Waals surface area contributed by atoms with E-state index in [1.165, 1.54) is 33.4 Å². The summed E-state index contributed by atoms with van der Waals surface area (Å²) in [4.78, 5) is 0. The summed E-state index contributed by atoms with van der Waals surface area (Å²) in [6, 6.07) is 23.4. The van der Waals surface area contributed by atoms with Gasteiger partial charge in [-0.15, -0.1) is 0 Å². The van der Waals surface area contributed by atoms with E-state index >= 15 is 0 Å². The van der Waals surface area contributed by atoms with Crippen LogP contribution in [0.25, 0.3) is 22.3 Å². The van der Waals surface area contributed by atoms with Crippen LogP contribution in [0.3, 0.4) is 0 Å². The second-order valence-corrected chi connectivity index (χ2v) is 6.79. The van der Waals surface area contributed by atoms with Gasteiger partial charge in [0, 0.05) is 16.0 Å². The third-order valence-electron chi connectivity index (χ3n) is 4.73. The van der Waals surface area contributed by atoms with Gasteiger partial charge in [-0.05, 0) is 33.9 Å². The van der Waals surface area contributed by atoms with Crippen LogP contribution < -0.4 is 0 Å². The van der Waals surface area contributed by atoms with E-state index in [1.807, 2.05) is 6.07 Å². The van der Waals surface area contributed by atoms with Crippen molar-refractivity contribution in [2.45, 2.75) is 19.3 Å². The molecular weight excluding hydrogens is 288 g/mol. The standard InChI is InChI=1S/C21H17Cl/c1-21(2)17-11-7-6-10-16(17)19-18(22)13-12-15(20(19)21)14-8-4-3-5-9-14/h3-13H,1-2H3. The molecule has 0 saturated carbocycles. The Labute approximate surface area is 136 Å². The first-order chi connectivity index (χ1) is 10.6. The second-order valence-electron chi connectivity index (χ2n) is 6.38. The van der Waals surface area contributed by atoms with E-state index in [0.717, 1.165) is 5.02 Å². The monoisotopic (exact) mass is 304 g/mol. The zero-order valence-corrected chi connectivity index (χ0v) is 13.5. The van der Waals surface area contributed by atoms with Gasteiger partial charge in [0.2, 0.25) is 0 Å². The Morgan fingerprint density at radius 3 is 2.18 bits per heavy atom. The Bertz CT molecular complexity index is 860. The highest BCUT2D eigenvalue weighted by atomic mass is 35.5. The average molecular weight is 305 g/mol. The molecular formula is C21H17Cl. The molecule has 108 valence electrons. The summed E-state index contributed by atoms with van der Waals surface area (Å²) in [5.41, 5.74) is 7.65. The lowest BCUT2D eigenvalue weighted by Crippen LogP contribution is -2.16. The highest BCUT2D eigenvalue weighted by Crippen LogP contribution is 2.54. The van der Waals surface area contributed by atoms with Crippen LogP contribution in [0.15, 0.2) is 66.7 Å². The van der Waals surface area contributed by atoms with Crippen LogP contribution >= 0.6 is 11.6 Å². The van der Waals surface area contributed by atoms with Crippen LogP contribution in [0.4, 0.5) is 0 Å². The highest BCUT2D eigenvalue weighted by Gasteiger charge is 2.38. The van der Waals surface area contributed by atoms with E-state index in [1.54, 1.807) is 0 Å². The van der Waals surface area contributed by atoms with Gasteiger partial charge in [0.15, 0.2) is 0 Å². The molecule has 0 heterocycles. The van der Waals surface area contributed by atoms with E-state index in [2.05, 4.69) is 74.5 Å². The third-order valence-corrected chi connectivity index (χ3v) is 5.05. The number of hydrogen-bond acceptors (Lipinski definition) is 0. The van der Waals surface area contributed by atoms with Crippen molar-refractivity contribution >= 4 is 11.6 Å². The zero-order valence-electron chi connectivity index (χ0n) is 12.7. The lowest BCUT2D eigenvalue weighted by molar-refractivity contribution is 0.662. The van der Waals surface area contributed by atoms with Crippen molar-refractivity contribution in [2.75, 3.05) is 0 Å². The summed E-state index contributed by atoms with van der Waals surface area (Å²) in [5.74, 6) is 0. The van der Waals surface area contributed by atoms with E-state index in [0.29, 0.717) is 0 Å².